The summed E-state index contributed by atoms with van der Waals surface area (Å²) < 4.78 is 0. The Bertz CT molecular complexity index is 734. The van der Waals surface area contributed by atoms with Crippen LogP contribution in [0.25, 0.3) is 10.8 Å². The van der Waals surface area contributed by atoms with E-state index >= 15 is 0 Å². The monoisotopic (exact) mass is 291 g/mol. The van der Waals surface area contributed by atoms with Gasteiger partial charge in [0.2, 0.25) is 0 Å². The van der Waals surface area contributed by atoms with Crippen molar-refractivity contribution in [3.05, 3.63) is 83.9 Å². The van der Waals surface area contributed by atoms with Crippen LogP contribution in [-0.4, -0.2) is 11.1 Å². The zero-order valence-corrected chi connectivity index (χ0v) is 12.7. The molecular weight excluding hydrogens is 270 g/mol. The molecule has 0 heterocycles. The molecule has 0 amide bonds. The maximum atomic E-state index is 10.4. The molecule has 0 saturated heterocycles. The van der Waals surface area contributed by atoms with Crippen LogP contribution < -0.4 is 5.32 Å². The fraction of sp³-hybridized carbons (Fsp3) is 0.200. The molecule has 2 unspecified atom stereocenters. The van der Waals surface area contributed by atoms with E-state index in [1.165, 1.54) is 16.3 Å². The molecule has 3 rings (SSSR count). The first-order valence-electron chi connectivity index (χ1n) is 7.69. The second-order valence-corrected chi connectivity index (χ2v) is 5.66. The van der Waals surface area contributed by atoms with Gasteiger partial charge < -0.3 is 10.4 Å². The number of nitrogens with one attached hydrogen (secondary N) is 1. The summed E-state index contributed by atoms with van der Waals surface area (Å²) in [4.78, 5) is 0. The van der Waals surface area contributed by atoms with Crippen molar-refractivity contribution in [1.82, 2.24) is 5.32 Å². The van der Waals surface area contributed by atoms with E-state index in [1.807, 2.05) is 37.3 Å². The molecule has 2 N–H and O–H groups in total. The molecular formula is C20H21NO. The second-order valence-electron chi connectivity index (χ2n) is 5.66. The van der Waals surface area contributed by atoms with Gasteiger partial charge in [0, 0.05) is 12.6 Å². The SMILES string of the molecule is CC(NCc1cccc2ccccc12)C(O)c1ccccc1. The van der Waals surface area contributed by atoms with Gasteiger partial charge in [0.1, 0.15) is 0 Å². The highest BCUT2D eigenvalue weighted by Crippen LogP contribution is 2.20. The average molecular weight is 291 g/mol. The summed E-state index contributed by atoms with van der Waals surface area (Å²) in [6.07, 6.45) is -0.504. The Morgan fingerprint density at radius 1 is 0.864 bits per heavy atom. The van der Waals surface area contributed by atoms with Crippen LogP contribution in [0.4, 0.5) is 0 Å². The van der Waals surface area contributed by atoms with Crippen LogP contribution in [0.15, 0.2) is 72.8 Å². The number of hydrogen-bond donors (Lipinski definition) is 2. The predicted molar refractivity (Wildman–Crippen MR) is 91.7 cm³/mol. The van der Waals surface area contributed by atoms with E-state index in [2.05, 4.69) is 47.8 Å². The second kappa shape index (κ2) is 6.73. The number of fused-ring (bicyclic) bond motifs is 1. The van der Waals surface area contributed by atoms with E-state index < -0.39 is 6.10 Å². The Morgan fingerprint density at radius 2 is 1.55 bits per heavy atom. The third-order valence-electron chi connectivity index (χ3n) is 4.11. The quantitative estimate of drug-likeness (QED) is 0.743. The minimum atomic E-state index is -0.504. The zero-order chi connectivity index (χ0) is 15.4. The number of benzene rings is 3. The van der Waals surface area contributed by atoms with E-state index in [4.69, 9.17) is 0 Å². The first kappa shape index (κ1) is 14.8. The summed E-state index contributed by atoms with van der Waals surface area (Å²) in [6.45, 7) is 2.76. The molecule has 0 aromatic heterocycles. The van der Waals surface area contributed by atoms with Gasteiger partial charge in [-0.15, -0.1) is 0 Å². The third-order valence-corrected chi connectivity index (χ3v) is 4.11. The van der Waals surface area contributed by atoms with Crippen LogP contribution in [0, 0.1) is 0 Å². The van der Waals surface area contributed by atoms with Crippen LogP contribution in [0.1, 0.15) is 24.2 Å². The summed E-state index contributed by atoms with van der Waals surface area (Å²) in [7, 11) is 0. The first-order chi connectivity index (χ1) is 10.8. The van der Waals surface area contributed by atoms with Crippen molar-refractivity contribution in [3.63, 3.8) is 0 Å². The third kappa shape index (κ3) is 3.19. The number of aliphatic hydroxyl groups excluding tert-OH is 1. The van der Waals surface area contributed by atoms with Gasteiger partial charge >= 0.3 is 0 Å². The molecule has 2 nitrogen and oxygen atoms in total. The van der Waals surface area contributed by atoms with Crippen LogP contribution in [0.2, 0.25) is 0 Å². The molecule has 22 heavy (non-hydrogen) atoms. The first-order valence-corrected chi connectivity index (χ1v) is 7.69. The van der Waals surface area contributed by atoms with Crippen molar-refractivity contribution < 1.29 is 5.11 Å². The molecule has 0 aliphatic rings. The maximum absolute atomic E-state index is 10.4. The lowest BCUT2D eigenvalue weighted by Crippen LogP contribution is -2.31. The maximum Gasteiger partial charge on any atom is 0.0940 e. The molecule has 0 aliphatic heterocycles. The molecule has 2 atom stereocenters. The molecule has 0 fully saturated rings. The van der Waals surface area contributed by atoms with Gasteiger partial charge in [-0.3, -0.25) is 0 Å². The fourth-order valence-corrected chi connectivity index (χ4v) is 2.77. The molecule has 2 heteroatoms. The van der Waals surface area contributed by atoms with Gasteiger partial charge in [0.05, 0.1) is 6.10 Å². The minimum absolute atomic E-state index is 0.0126. The standard InChI is InChI=1S/C20H21NO/c1-15(20(22)17-9-3-2-4-10-17)21-14-18-12-7-11-16-8-5-6-13-19(16)18/h2-13,15,20-22H,14H2,1H3. The largest absolute Gasteiger partial charge is 0.387 e. The summed E-state index contributed by atoms with van der Waals surface area (Å²) >= 11 is 0. The summed E-state index contributed by atoms with van der Waals surface area (Å²) in [5.41, 5.74) is 2.20. The molecule has 3 aromatic rings. The molecule has 0 radical (unpaired) electrons. The van der Waals surface area contributed by atoms with Crippen molar-refractivity contribution in [2.75, 3.05) is 0 Å². The minimum Gasteiger partial charge on any atom is -0.387 e. The summed E-state index contributed by atoms with van der Waals surface area (Å²) in [5.74, 6) is 0. The van der Waals surface area contributed by atoms with Crippen LogP contribution >= 0.6 is 0 Å². The van der Waals surface area contributed by atoms with E-state index in [0.29, 0.717) is 0 Å². The zero-order valence-electron chi connectivity index (χ0n) is 12.7. The van der Waals surface area contributed by atoms with Gasteiger partial charge in [-0.2, -0.15) is 0 Å². The van der Waals surface area contributed by atoms with Crippen molar-refractivity contribution in [2.24, 2.45) is 0 Å². The lowest BCUT2D eigenvalue weighted by Gasteiger charge is -2.21. The number of aliphatic hydroxyl groups is 1. The van der Waals surface area contributed by atoms with Gasteiger partial charge in [-0.1, -0.05) is 72.8 Å². The average Bonchev–Trinajstić information content (AvgIpc) is 2.59. The molecule has 112 valence electrons. The Labute approximate surface area is 131 Å². The highest BCUT2D eigenvalue weighted by atomic mass is 16.3. The van der Waals surface area contributed by atoms with Gasteiger partial charge in [0.25, 0.3) is 0 Å². The Morgan fingerprint density at radius 3 is 2.36 bits per heavy atom. The van der Waals surface area contributed by atoms with E-state index in [9.17, 15) is 5.11 Å². The normalized spacial score (nSPS) is 13.9. The lowest BCUT2D eigenvalue weighted by molar-refractivity contribution is 0.135. The van der Waals surface area contributed by atoms with Crippen molar-refractivity contribution in [2.45, 2.75) is 25.6 Å². The van der Waals surface area contributed by atoms with Crippen molar-refractivity contribution in [3.8, 4) is 0 Å². The van der Waals surface area contributed by atoms with Crippen molar-refractivity contribution in [1.29, 1.82) is 0 Å². The molecule has 0 bridgehead atoms. The van der Waals surface area contributed by atoms with E-state index in [-0.39, 0.29) is 6.04 Å². The number of hydrogen-bond acceptors (Lipinski definition) is 2. The number of rotatable bonds is 5. The smallest absolute Gasteiger partial charge is 0.0940 e. The topological polar surface area (TPSA) is 32.3 Å². The fourth-order valence-electron chi connectivity index (χ4n) is 2.77. The highest BCUT2D eigenvalue weighted by Gasteiger charge is 2.15. The van der Waals surface area contributed by atoms with Crippen LogP contribution in [0.3, 0.4) is 0 Å². The van der Waals surface area contributed by atoms with Gasteiger partial charge in [0.15, 0.2) is 0 Å². The Kier molecular flexibility index (Phi) is 4.52. The lowest BCUT2D eigenvalue weighted by atomic mass is 10.0. The van der Waals surface area contributed by atoms with Gasteiger partial charge in [-0.25, -0.2) is 0 Å². The van der Waals surface area contributed by atoms with E-state index in [0.717, 1.165) is 12.1 Å². The predicted octanol–water partition coefficient (Wildman–Crippen LogP) is 4.05. The van der Waals surface area contributed by atoms with Crippen LogP contribution in [0.5, 0.6) is 0 Å². The molecule has 0 aliphatic carbocycles. The summed E-state index contributed by atoms with van der Waals surface area (Å²) in [6, 6.07) is 24.5. The van der Waals surface area contributed by atoms with Gasteiger partial charge in [-0.05, 0) is 28.8 Å². The molecule has 3 aromatic carbocycles. The Balaban J connectivity index is 1.71. The van der Waals surface area contributed by atoms with E-state index in [1.54, 1.807) is 0 Å². The molecule has 0 spiro atoms. The Hall–Kier alpha value is -2.16. The highest BCUT2D eigenvalue weighted by molar-refractivity contribution is 5.85. The van der Waals surface area contributed by atoms with Crippen molar-refractivity contribution >= 4 is 10.8 Å². The van der Waals surface area contributed by atoms with Crippen LogP contribution in [-0.2, 0) is 6.54 Å². The summed E-state index contributed by atoms with van der Waals surface area (Å²) in [5, 5.41) is 16.4. The molecule has 0 saturated carbocycles.